The summed E-state index contributed by atoms with van der Waals surface area (Å²) in [5.41, 5.74) is 3.25. The predicted octanol–water partition coefficient (Wildman–Crippen LogP) is 6.81. The van der Waals surface area contributed by atoms with Crippen molar-refractivity contribution in [1.29, 1.82) is 0 Å². The second-order valence-electron chi connectivity index (χ2n) is 8.24. The molecule has 2 aromatic carbocycles. The topological polar surface area (TPSA) is 64.2 Å². The first-order valence-corrected chi connectivity index (χ1v) is 12.1. The third kappa shape index (κ3) is 5.11. The van der Waals surface area contributed by atoms with Gasteiger partial charge >= 0.3 is 6.18 Å². The lowest BCUT2D eigenvalue weighted by atomic mass is 10.0. The standard InChI is InChI=1S/C26H21F4N5OS/c1-5-21-24(37-13-33-21)25(36)32-12-17-7-6-16(10-20(17)27)23-14(2)34-35(15(23)3)18-8-9-22(31-4)19(11-18)26(28,29)30/h6-11,13H,5,12H2,1-3H3,(H,32,36). The van der Waals surface area contributed by atoms with Gasteiger partial charge in [0.25, 0.3) is 5.91 Å². The molecule has 190 valence electrons. The van der Waals surface area contributed by atoms with Crippen LogP contribution in [-0.2, 0) is 19.1 Å². The number of hydrogen-bond acceptors (Lipinski definition) is 4. The summed E-state index contributed by atoms with van der Waals surface area (Å²) < 4.78 is 56.7. The largest absolute Gasteiger partial charge is 0.407 e. The highest BCUT2D eigenvalue weighted by atomic mass is 32.1. The minimum Gasteiger partial charge on any atom is -0.347 e. The Balaban J connectivity index is 1.61. The van der Waals surface area contributed by atoms with Crippen molar-refractivity contribution in [2.24, 2.45) is 0 Å². The number of halogens is 4. The summed E-state index contributed by atoms with van der Waals surface area (Å²) in [4.78, 5) is 20.1. The van der Waals surface area contributed by atoms with Crippen molar-refractivity contribution < 1.29 is 22.4 Å². The molecule has 2 aromatic heterocycles. The van der Waals surface area contributed by atoms with E-state index < -0.39 is 23.2 Å². The fraction of sp³-hybridized carbons (Fsp3) is 0.231. The average Bonchev–Trinajstić information content (AvgIpc) is 3.46. The molecule has 0 bridgehead atoms. The Morgan fingerprint density at radius 2 is 1.95 bits per heavy atom. The number of carbonyl (C=O) groups is 1. The quantitative estimate of drug-likeness (QED) is 0.221. The summed E-state index contributed by atoms with van der Waals surface area (Å²) in [6.45, 7) is 12.3. The lowest BCUT2D eigenvalue weighted by Gasteiger charge is -2.12. The van der Waals surface area contributed by atoms with Gasteiger partial charge in [-0.3, -0.25) is 4.79 Å². The third-order valence-electron chi connectivity index (χ3n) is 5.91. The van der Waals surface area contributed by atoms with Crippen LogP contribution in [0.2, 0.25) is 0 Å². The van der Waals surface area contributed by atoms with Gasteiger partial charge in [-0.25, -0.2) is 18.9 Å². The van der Waals surface area contributed by atoms with Gasteiger partial charge in [-0.2, -0.15) is 18.3 Å². The SMILES string of the molecule is [C-]#[N+]c1ccc(-n2nc(C)c(-c3ccc(CNC(=O)c4scnc4CC)c(F)c3)c2C)cc1C(F)(F)F. The van der Waals surface area contributed by atoms with E-state index in [1.165, 1.54) is 28.2 Å². The predicted molar refractivity (Wildman–Crippen MR) is 132 cm³/mol. The zero-order valence-electron chi connectivity index (χ0n) is 20.1. The van der Waals surface area contributed by atoms with E-state index in [4.69, 9.17) is 6.57 Å². The molecule has 0 spiro atoms. The molecule has 0 aliphatic carbocycles. The molecule has 0 atom stereocenters. The molecular formula is C26H21F4N5OS. The highest BCUT2D eigenvalue weighted by molar-refractivity contribution is 7.11. The van der Waals surface area contributed by atoms with Crippen molar-refractivity contribution in [3.05, 3.63) is 92.2 Å². The summed E-state index contributed by atoms with van der Waals surface area (Å²) >= 11 is 1.23. The summed E-state index contributed by atoms with van der Waals surface area (Å²) in [6.07, 6.45) is -4.08. The monoisotopic (exact) mass is 527 g/mol. The van der Waals surface area contributed by atoms with Crippen molar-refractivity contribution in [3.8, 4) is 16.8 Å². The summed E-state index contributed by atoms with van der Waals surface area (Å²) in [5.74, 6) is -0.858. The maximum atomic E-state index is 15.0. The number of nitrogens with zero attached hydrogens (tertiary/aromatic N) is 4. The van der Waals surface area contributed by atoms with E-state index in [2.05, 4.69) is 20.2 Å². The first kappa shape index (κ1) is 26.0. The molecule has 11 heteroatoms. The number of amides is 1. The van der Waals surface area contributed by atoms with Crippen molar-refractivity contribution in [2.75, 3.05) is 0 Å². The van der Waals surface area contributed by atoms with E-state index in [0.717, 1.165) is 12.1 Å². The van der Waals surface area contributed by atoms with E-state index in [-0.39, 0.29) is 23.7 Å². The summed E-state index contributed by atoms with van der Waals surface area (Å²) in [5, 5.41) is 7.09. The van der Waals surface area contributed by atoms with Gasteiger partial charge < -0.3 is 5.32 Å². The lowest BCUT2D eigenvalue weighted by Crippen LogP contribution is -2.23. The number of benzene rings is 2. The van der Waals surface area contributed by atoms with Crippen LogP contribution in [0.4, 0.5) is 23.2 Å². The first-order valence-electron chi connectivity index (χ1n) is 11.2. The van der Waals surface area contributed by atoms with Crippen molar-refractivity contribution in [3.63, 3.8) is 0 Å². The minimum atomic E-state index is -4.69. The Bertz CT molecular complexity index is 1530. The van der Waals surface area contributed by atoms with Gasteiger partial charge in [-0.15, -0.1) is 11.3 Å². The number of aryl methyl sites for hydroxylation is 2. The zero-order valence-corrected chi connectivity index (χ0v) is 20.9. The van der Waals surface area contributed by atoms with E-state index in [1.54, 1.807) is 31.5 Å². The average molecular weight is 528 g/mol. The van der Waals surface area contributed by atoms with Crippen LogP contribution in [-0.4, -0.2) is 20.7 Å². The van der Waals surface area contributed by atoms with E-state index in [1.807, 2.05) is 6.92 Å². The number of aromatic nitrogens is 3. The van der Waals surface area contributed by atoms with Gasteiger partial charge in [0, 0.05) is 23.4 Å². The molecule has 0 radical (unpaired) electrons. The highest BCUT2D eigenvalue weighted by Gasteiger charge is 2.34. The van der Waals surface area contributed by atoms with Crippen LogP contribution < -0.4 is 5.32 Å². The molecule has 1 amide bonds. The fourth-order valence-corrected chi connectivity index (χ4v) is 4.90. The van der Waals surface area contributed by atoms with E-state index >= 15 is 0 Å². The number of alkyl halides is 3. The van der Waals surface area contributed by atoms with E-state index in [9.17, 15) is 22.4 Å². The van der Waals surface area contributed by atoms with E-state index in [0.29, 0.717) is 39.5 Å². The molecule has 0 fully saturated rings. The lowest BCUT2D eigenvalue weighted by molar-refractivity contribution is -0.136. The Labute approximate surface area is 214 Å². The Morgan fingerprint density at radius 3 is 2.59 bits per heavy atom. The second kappa shape index (κ2) is 10.1. The van der Waals surface area contributed by atoms with Crippen LogP contribution in [0.15, 0.2) is 41.9 Å². The van der Waals surface area contributed by atoms with Crippen LogP contribution in [0.3, 0.4) is 0 Å². The molecule has 0 saturated heterocycles. The van der Waals surface area contributed by atoms with Gasteiger partial charge in [0.2, 0.25) is 0 Å². The molecule has 0 unspecified atom stereocenters. The maximum absolute atomic E-state index is 15.0. The molecule has 0 aliphatic rings. The highest BCUT2D eigenvalue weighted by Crippen LogP contribution is 2.38. The van der Waals surface area contributed by atoms with Crippen LogP contribution in [0.1, 0.15) is 44.8 Å². The van der Waals surface area contributed by atoms with Crippen molar-refractivity contribution >= 4 is 22.9 Å². The van der Waals surface area contributed by atoms with Gasteiger partial charge in [-0.05, 0) is 44.0 Å². The Hall–Kier alpha value is -4.04. The normalized spacial score (nSPS) is 11.4. The molecular weight excluding hydrogens is 506 g/mol. The zero-order chi connectivity index (χ0) is 26.9. The number of carbonyl (C=O) groups excluding carboxylic acids is 1. The maximum Gasteiger partial charge on any atom is 0.407 e. The smallest absolute Gasteiger partial charge is 0.347 e. The molecule has 37 heavy (non-hydrogen) atoms. The molecule has 6 nitrogen and oxygen atoms in total. The van der Waals surface area contributed by atoms with Crippen molar-refractivity contribution in [2.45, 2.75) is 39.9 Å². The van der Waals surface area contributed by atoms with Crippen LogP contribution >= 0.6 is 11.3 Å². The van der Waals surface area contributed by atoms with Gasteiger partial charge in [0.05, 0.1) is 34.7 Å². The number of thiazole rings is 1. The molecule has 0 aliphatic heterocycles. The Morgan fingerprint density at radius 1 is 1.19 bits per heavy atom. The van der Waals surface area contributed by atoms with Gasteiger partial charge in [-0.1, -0.05) is 25.1 Å². The van der Waals surface area contributed by atoms with Crippen LogP contribution in [0.25, 0.3) is 21.7 Å². The molecule has 4 rings (SSSR count). The van der Waals surface area contributed by atoms with Crippen LogP contribution in [0.5, 0.6) is 0 Å². The minimum absolute atomic E-state index is 0.0170. The molecule has 2 heterocycles. The van der Waals surface area contributed by atoms with Crippen molar-refractivity contribution in [1.82, 2.24) is 20.1 Å². The molecule has 4 aromatic rings. The van der Waals surface area contributed by atoms with Gasteiger partial charge in [0.15, 0.2) is 5.69 Å². The number of nitrogens with one attached hydrogen (secondary N) is 1. The van der Waals surface area contributed by atoms with Gasteiger partial charge in [0.1, 0.15) is 10.7 Å². The Kier molecular flexibility index (Phi) is 7.14. The number of hydrogen-bond donors (Lipinski definition) is 1. The second-order valence-corrected chi connectivity index (χ2v) is 9.09. The van der Waals surface area contributed by atoms with Crippen LogP contribution in [0, 0.1) is 26.2 Å². The third-order valence-corrected chi connectivity index (χ3v) is 6.77. The first-order chi connectivity index (χ1) is 17.5. The summed E-state index contributed by atoms with van der Waals surface area (Å²) in [6, 6.07) is 7.94. The molecule has 1 N–H and O–H groups in total. The molecule has 0 saturated carbocycles. The fourth-order valence-electron chi connectivity index (χ4n) is 4.10. The number of rotatable bonds is 6. The summed E-state index contributed by atoms with van der Waals surface area (Å²) in [7, 11) is 0.